The molecule has 0 aliphatic rings. The van der Waals surface area contributed by atoms with Crippen molar-refractivity contribution in [2.24, 2.45) is 0 Å². The van der Waals surface area contributed by atoms with E-state index < -0.39 is 11.2 Å². The molecule has 0 aliphatic carbocycles. The molecule has 3 N–H and O–H groups in total. The van der Waals surface area contributed by atoms with E-state index in [1.807, 2.05) is 33.8 Å². The molecule has 0 unspecified atom stereocenters. The molecule has 2 heterocycles. The molecule has 0 radical (unpaired) electrons. The standard InChI is InChI=1S/C21H18N4O4.C2H6.CH2O2/c1-11-8-14(25-10-13(3)18(26)22-21(25)28)9-12(2)17(11)29-20-16-7-5-4-6-15(16)19(27)23-24-20;1-2;2-1-3/h4-10H,1-3H3,(H,23,27)(H,22,26,28);1-2H3;1H,(H,2,3). The number of hydrogen-bond donors (Lipinski definition) is 3. The third-order valence-electron chi connectivity index (χ3n) is 4.70. The lowest BCUT2D eigenvalue weighted by Crippen LogP contribution is -2.29. The highest BCUT2D eigenvalue weighted by Gasteiger charge is 2.14. The van der Waals surface area contributed by atoms with Crippen LogP contribution in [0.3, 0.4) is 0 Å². The number of nitrogens with one attached hydrogen (secondary N) is 2. The fourth-order valence-corrected chi connectivity index (χ4v) is 3.25. The summed E-state index contributed by atoms with van der Waals surface area (Å²) in [4.78, 5) is 46.5. The Balaban J connectivity index is 0.000000758. The van der Waals surface area contributed by atoms with E-state index in [0.717, 1.165) is 11.1 Å². The van der Waals surface area contributed by atoms with Crippen LogP contribution in [0, 0.1) is 20.8 Å². The minimum Gasteiger partial charge on any atom is -0.483 e. The molecular weight excluding hydrogens is 440 g/mol. The van der Waals surface area contributed by atoms with Crippen LogP contribution < -0.4 is 21.5 Å². The summed E-state index contributed by atoms with van der Waals surface area (Å²) in [6.07, 6.45) is 1.51. The topological polar surface area (TPSA) is 147 Å². The number of rotatable bonds is 3. The van der Waals surface area contributed by atoms with E-state index in [0.29, 0.717) is 27.8 Å². The Kier molecular flexibility index (Phi) is 8.66. The number of aromatic nitrogens is 4. The van der Waals surface area contributed by atoms with Gasteiger partial charge in [0.2, 0.25) is 5.88 Å². The van der Waals surface area contributed by atoms with Gasteiger partial charge in [0.05, 0.1) is 16.5 Å². The predicted molar refractivity (Wildman–Crippen MR) is 129 cm³/mol. The number of fused-ring (bicyclic) bond motifs is 1. The summed E-state index contributed by atoms with van der Waals surface area (Å²) in [5.41, 5.74) is 1.38. The number of hydrogen-bond acceptors (Lipinski definition) is 6. The monoisotopic (exact) mass is 466 g/mol. The molecule has 178 valence electrons. The van der Waals surface area contributed by atoms with Crippen molar-refractivity contribution in [2.45, 2.75) is 34.6 Å². The minimum atomic E-state index is -0.513. The van der Waals surface area contributed by atoms with E-state index >= 15 is 0 Å². The van der Waals surface area contributed by atoms with Crippen LogP contribution in [-0.2, 0) is 4.79 Å². The Morgan fingerprint density at radius 1 is 0.941 bits per heavy atom. The predicted octanol–water partition coefficient (Wildman–Crippen LogP) is 3.21. The van der Waals surface area contributed by atoms with Gasteiger partial charge in [0.15, 0.2) is 0 Å². The smallest absolute Gasteiger partial charge is 0.332 e. The van der Waals surface area contributed by atoms with E-state index in [2.05, 4.69) is 15.2 Å². The molecular formula is C24H26N4O6. The third-order valence-corrected chi connectivity index (χ3v) is 4.70. The Hall–Kier alpha value is -4.47. The molecule has 10 nitrogen and oxygen atoms in total. The first-order valence-corrected chi connectivity index (χ1v) is 10.4. The first-order valence-electron chi connectivity index (χ1n) is 10.4. The first-order chi connectivity index (χ1) is 16.3. The summed E-state index contributed by atoms with van der Waals surface area (Å²) in [7, 11) is 0. The van der Waals surface area contributed by atoms with Crippen molar-refractivity contribution < 1.29 is 14.6 Å². The summed E-state index contributed by atoms with van der Waals surface area (Å²) in [5.74, 6) is 0.865. The maximum absolute atomic E-state index is 12.2. The number of carboxylic acid groups (broad SMARTS) is 1. The molecule has 0 fully saturated rings. The van der Waals surface area contributed by atoms with Gasteiger partial charge in [0.1, 0.15) is 5.75 Å². The van der Waals surface area contributed by atoms with Crippen LogP contribution in [0.25, 0.3) is 16.5 Å². The second-order valence-electron chi connectivity index (χ2n) is 6.96. The van der Waals surface area contributed by atoms with E-state index in [1.54, 1.807) is 37.3 Å². The van der Waals surface area contributed by atoms with E-state index in [1.165, 1.54) is 10.8 Å². The number of ether oxygens (including phenoxy) is 1. The second-order valence-corrected chi connectivity index (χ2v) is 6.96. The molecule has 0 saturated carbocycles. The molecule has 4 aromatic rings. The zero-order valence-corrected chi connectivity index (χ0v) is 19.5. The van der Waals surface area contributed by atoms with Crippen molar-refractivity contribution in [2.75, 3.05) is 0 Å². The van der Waals surface area contributed by atoms with Crippen LogP contribution in [0.15, 0.2) is 57.0 Å². The van der Waals surface area contributed by atoms with Crippen molar-refractivity contribution >= 4 is 17.2 Å². The van der Waals surface area contributed by atoms with E-state index in [4.69, 9.17) is 14.6 Å². The van der Waals surface area contributed by atoms with Gasteiger partial charge in [-0.25, -0.2) is 9.89 Å². The Bertz CT molecular complexity index is 1460. The lowest BCUT2D eigenvalue weighted by molar-refractivity contribution is -0.122. The van der Waals surface area contributed by atoms with Crippen LogP contribution >= 0.6 is 0 Å². The van der Waals surface area contributed by atoms with Gasteiger partial charge in [-0.2, -0.15) is 0 Å². The molecule has 2 aromatic heterocycles. The van der Waals surface area contributed by atoms with Crippen LogP contribution in [0.2, 0.25) is 0 Å². The van der Waals surface area contributed by atoms with Crippen LogP contribution in [0.4, 0.5) is 0 Å². The molecule has 0 aliphatic heterocycles. The van der Waals surface area contributed by atoms with Crippen LogP contribution in [-0.4, -0.2) is 31.3 Å². The number of benzene rings is 2. The average Bonchev–Trinajstić information content (AvgIpc) is 2.82. The molecule has 0 bridgehead atoms. The number of carbonyl (C=O) groups is 1. The van der Waals surface area contributed by atoms with Crippen LogP contribution in [0.5, 0.6) is 11.6 Å². The molecule has 0 amide bonds. The van der Waals surface area contributed by atoms with Gasteiger partial charge < -0.3 is 9.84 Å². The van der Waals surface area contributed by atoms with Gasteiger partial charge in [0, 0.05) is 11.8 Å². The Morgan fingerprint density at radius 3 is 2.09 bits per heavy atom. The molecule has 4 rings (SSSR count). The Labute approximate surface area is 194 Å². The summed E-state index contributed by atoms with van der Waals surface area (Å²) in [6, 6.07) is 10.6. The number of aromatic amines is 2. The highest BCUT2D eigenvalue weighted by atomic mass is 16.5. The van der Waals surface area contributed by atoms with Crippen molar-refractivity contribution in [3.05, 3.63) is 90.5 Å². The summed E-state index contributed by atoms with van der Waals surface area (Å²) in [5, 5.41) is 14.5. The van der Waals surface area contributed by atoms with E-state index in [-0.39, 0.29) is 17.9 Å². The van der Waals surface area contributed by atoms with E-state index in [9.17, 15) is 14.4 Å². The summed E-state index contributed by atoms with van der Waals surface area (Å²) in [6.45, 7) is 9.09. The minimum absolute atomic E-state index is 0.250. The quantitative estimate of drug-likeness (QED) is 0.393. The van der Waals surface area contributed by atoms with Crippen molar-refractivity contribution in [1.29, 1.82) is 0 Å². The van der Waals surface area contributed by atoms with Gasteiger partial charge in [-0.3, -0.25) is 23.9 Å². The lowest BCUT2D eigenvalue weighted by Gasteiger charge is -2.15. The fourth-order valence-electron chi connectivity index (χ4n) is 3.25. The lowest BCUT2D eigenvalue weighted by atomic mass is 10.1. The SMILES string of the molecule is CC.Cc1cc(-n2cc(C)c(=O)[nH]c2=O)cc(C)c1Oc1n[nH]c(=O)c2ccccc12.O=CO. The molecule has 10 heteroatoms. The van der Waals surface area contributed by atoms with Crippen molar-refractivity contribution in [3.63, 3.8) is 0 Å². The fraction of sp³-hybridized carbons (Fsp3) is 0.208. The maximum atomic E-state index is 12.2. The third kappa shape index (κ3) is 5.47. The van der Waals surface area contributed by atoms with Gasteiger partial charge in [-0.1, -0.05) is 26.0 Å². The molecule has 34 heavy (non-hydrogen) atoms. The maximum Gasteiger partial charge on any atom is 0.332 e. The highest BCUT2D eigenvalue weighted by Crippen LogP contribution is 2.32. The first kappa shape index (κ1) is 25.8. The number of nitrogens with zero attached hydrogens (tertiary/aromatic N) is 2. The molecule has 0 spiro atoms. The zero-order valence-electron chi connectivity index (χ0n) is 19.5. The van der Waals surface area contributed by atoms with Gasteiger partial charge in [-0.05, 0) is 56.2 Å². The van der Waals surface area contributed by atoms with Crippen LogP contribution in [0.1, 0.15) is 30.5 Å². The highest BCUT2D eigenvalue weighted by molar-refractivity contribution is 5.86. The zero-order chi connectivity index (χ0) is 25.4. The van der Waals surface area contributed by atoms with Crippen molar-refractivity contribution in [1.82, 2.24) is 19.7 Å². The molecule has 0 atom stereocenters. The van der Waals surface area contributed by atoms with Gasteiger partial charge in [-0.15, -0.1) is 5.10 Å². The normalized spacial score (nSPS) is 9.91. The summed E-state index contributed by atoms with van der Waals surface area (Å²) < 4.78 is 7.43. The van der Waals surface area contributed by atoms with Crippen molar-refractivity contribution in [3.8, 4) is 17.3 Å². The Morgan fingerprint density at radius 2 is 1.50 bits per heavy atom. The molecule has 2 aromatic carbocycles. The van der Waals surface area contributed by atoms with Gasteiger partial charge in [0.25, 0.3) is 17.6 Å². The second kappa shape index (κ2) is 11.4. The largest absolute Gasteiger partial charge is 0.483 e. The number of aryl methyl sites for hydroxylation is 3. The van der Waals surface area contributed by atoms with Gasteiger partial charge >= 0.3 is 5.69 Å². The molecule has 0 saturated heterocycles. The average molecular weight is 466 g/mol. The number of H-pyrrole nitrogens is 2. The summed E-state index contributed by atoms with van der Waals surface area (Å²) >= 11 is 0.